The first-order chi connectivity index (χ1) is 8.25. The van der Waals surface area contributed by atoms with E-state index in [4.69, 9.17) is 5.73 Å². The number of hydrogen-bond acceptors (Lipinski definition) is 3. The molecule has 1 aliphatic heterocycles. The van der Waals surface area contributed by atoms with Gasteiger partial charge in [0.25, 0.3) is 5.91 Å². The van der Waals surface area contributed by atoms with Crippen LogP contribution in [0, 0.1) is 0 Å². The minimum absolute atomic E-state index is 0.344. The SMILES string of the molecule is NC(=O)C1=CC=C(Cc2ccccc2)N=CN1. The second kappa shape index (κ2) is 5.12. The van der Waals surface area contributed by atoms with Gasteiger partial charge in [0.1, 0.15) is 5.70 Å². The highest BCUT2D eigenvalue weighted by atomic mass is 16.1. The van der Waals surface area contributed by atoms with Crippen molar-refractivity contribution in [3.8, 4) is 0 Å². The van der Waals surface area contributed by atoms with Crippen molar-refractivity contribution in [2.45, 2.75) is 6.42 Å². The van der Waals surface area contributed by atoms with Crippen LogP contribution in [0.2, 0.25) is 0 Å². The molecule has 17 heavy (non-hydrogen) atoms. The maximum absolute atomic E-state index is 11.0. The van der Waals surface area contributed by atoms with Gasteiger partial charge in [0.2, 0.25) is 0 Å². The predicted molar refractivity (Wildman–Crippen MR) is 67.1 cm³/mol. The van der Waals surface area contributed by atoms with Crippen molar-refractivity contribution < 1.29 is 4.79 Å². The van der Waals surface area contributed by atoms with Gasteiger partial charge in [-0.05, 0) is 17.7 Å². The highest BCUT2D eigenvalue weighted by Gasteiger charge is 2.05. The fraction of sp³-hybridized carbons (Fsp3) is 0.0769. The van der Waals surface area contributed by atoms with Crippen molar-refractivity contribution in [1.29, 1.82) is 0 Å². The molecule has 2 rings (SSSR count). The summed E-state index contributed by atoms with van der Waals surface area (Å²) in [4.78, 5) is 15.2. The molecule has 0 unspecified atom stereocenters. The van der Waals surface area contributed by atoms with Crippen LogP contribution in [0.1, 0.15) is 5.56 Å². The van der Waals surface area contributed by atoms with Gasteiger partial charge in [0, 0.05) is 12.1 Å². The molecule has 1 heterocycles. The van der Waals surface area contributed by atoms with Crippen molar-refractivity contribution in [2.75, 3.05) is 0 Å². The van der Waals surface area contributed by atoms with E-state index >= 15 is 0 Å². The average Bonchev–Trinajstić information content (AvgIpc) is 2.56. The molecule has 1 aromatic carbocycles. The number of allylic oxidation sites excluding steroid dienone is 3. The largest absolute Gasteiger partial charge is 0.364 e. The van der Waals surface area contributed by atoms with Gasteiger partial charge in [-0.15, -0.1) is 0 Å². The first-order valence-electron chi connectivity index (χ1n) is 5.29. The second-order valence-corrected chi connectivity index (χ2v) is 3.67. The minimum Gasteiger partial charge on any atom is -0.364 e. The molecule has 0 saturated heterocycles. The van der Waals surface area contributed by atoms with Gasteiger partial charge < -0.3 is 11.1 Å². The Bertz CT molecular complexity index is 501. The van der Waals surface area contributed by atoms with Gasteiger partial charge in [0.15, 0.2) is 0 Å². The number of hydrogen-bond donors (Lipinski definition) is 2. The predicted octanol–water partition coefficient (Wildman–Crippen LogP) is 1.11. The van der Waals surface area contributed by atoms with E-state index in [-0.39, 0.29) is 0 Å². The van der Waals surface area contributed by atoms with Crippen LogP contribution in [0.5, 0.6) is 0 Å². The van der Waals surface area contributed by atoms with E-state index in [1.54, 1.807) is 12.2 Å². The van der Waals surface area contributed by atoms with Crippen molar-refractivity contribution in [1.82, 2.24) is 5.32 Å². The van der Waals surface area contributed by atoms with Crippen LogP contribution >= 0.6 is 0 Å². The third kappa shape index (κ3) is 3.04. The topological polar surface area (TPSA) is 67.5 Å². The Balaban J connectivity index is 2.15. The molecule has 1 amide bonds. The summed E-state index contributed by atoms with van der Waals surface area (Å²) < 4.78 is 0. The number of aliphatic imine (C=N–C) groups is 1. The van der Waals surface area contributed by atoms with Gasteiger partial charge in [0.05, 0.1) is 6.34 Å². The van der Waals surface area contributed by atoms with Gasteiger partial charge in [-0.2, -0.15) is 0 Å². The quantitative estimate of drug-likeness (QED) is 0.812. The van der Waals surface area contributed by atoms with Crippen LogP contribution in [0.3, 0.4) is 0 Å². The van der Waals surface area contributed by atoms with E-state index in [1.165, 1.54) is 11.9 Å². The number of nitrogens with two attached hydrogens (primary N) is 1. The molecule has 4 nitrogen and oxygen atoms in total. The highest BCUT2D eigenvalue weighted by molar-refractivity contribution is 5.94. The van der Waals surface area contributed by atoms with E-state index in [0.717, 1.165) is 12.1 Å². The summed E-state index contributed by atoms with van der Waals surface area (Å²) in [6.45, 7) is 0. The van der Waals surface area contributed by atoms with Gasteiger partial charge in [-0.3, -0.25) is 4.79 Å². The zero-order valence-corrected chi connectivity index (χ0v) is 9.26. The number of nitrogens with zero attached hydrogens (tertiary/aromatic N) is 1. The van der Waals surface area contributed by atoms with E-state index in [9.17, 15) is 4.79 Å². The van der Waals surface area contributed by atoms with E-state index in [1.807, 2.05) is 30.3 Å². The zero-order valence-electron chi connectivity index (χ0n) is 9.26. The van der Waals surface area contributed by atoms with Crippen molar-refractivity contribution in [2.24, 2.45) is 10.7 Å². The lowest BCUT2D eigenvalue weighted by atomic mass is 10.1. The molecule has 0 aromatic heterocycles. The number of nitrogens with one attached hydrogen (secondary N) is 1. The number of primary amides is 1. The molecule has 0 atom stereocenters. The summed E-state index contributed by atoms with van der Waals surface area (Å²) >= 11 is 0. The van der Waals surface area contributed by atoms with Crippen molar-refractivity contribution in [3.05, 3.63) is 59.4 Å². The normalized spacial score (nSPS) is 14.4. The third-order valence-electron chi connectivity index (χ3n) is 2.39. The minimum atomic E-state index is -0.492. The Morgan fingerprint density at radius 3 is 2.71 bits per heavy atom. The Morgan fingerprint density at radius 1 is 1.24 bits per heavy atom. The lowest BCUT2D eigenvalue weighted by Crippen LogP contribution is -2.24. The maximum Gasteiger partial charge on any atom is 0.265 e. The molecule has 0 aliphatic carbocycles. The average molecular weight is 227 g/mol. The van der Waals surface area contributed by atoms with E-state index in [0.29, 0.717) is 5.70 Å². The molecule has 1 aliphatic rings. The fourth-order valence-corrected chi connectivity index (χ4v) is 1.52. The van der Waals surface area contributed by atoms with E-state index in [2.05, 4.69) is 10.3 Å². The number of amides is 1. The number of benzene rings is 1. The van der Waals surface area contributed by atoms with Crippen LogP contribution < -0.4 is 11.1 Å². The number of rotatable bonds is 3. The molecule has 4 heteroatoms. The number of carbonyl (C=O) groups is 1. The van der Waals surface area contributed by atoms with Crippen LogP contribution in [0.15, 0.2) is 58.9 Å². The van der Waals surface area contributed by atoms with Crippen molar-refractivity contribution in [3.63, 3.8) is 0 Å². The molecular weight excluding hydrogens is 214 g/mol. The van der Waals surface area contributed by atoms with Gasteiger partial charge in [-0.1, -0.05) is 30.3 Å². The fourth-order valence-electron chi connectivity index (χ4n) is 1.52. The Morgan fingerprint density at radius 2 is 2.00 bits per heavy atom. The summed E-state index contributed by atoms with van der Waals surface area (Å²) in [5.74, 6) is -0.492. The molecule has 0 saturated carbocycles. The summed E-state index contributed by atoms with van der Waals surface area (Å²) in [5.41, 5.74) is 7.57. The zero-order chi connectivity index (χ0) is 12.1. The lowest BCUT2D eigenvalue weighted by molar-refractivity contribution is -0.114. The Kier molecular flexibility index (Phi) is 3.35. The summed E-state index contributed by atoms with van der Waals surface area (Å²) in [7, 11) is 0. The van der Waals surface area contributed by atoms with Gasteiger partial charge >= 0.3 is 0 Å². The highest BCUT2D eigenvalue weighted by Crippen LogP contribution is 2.10. The molecule has 0 radical (unpaired) electrons. The van der Waals surface area contributed by atoms with Crippen LogP contribution in [-0.4, -0.2) is 12.2 Å². The molecule has 0 spiro atoms. The summed E-state index contributed by atoms with van der Waals surface area (Å²) in [6.07, 6.45) is 5.65. The molecule has 0 bridgehead atoms. The summed E-state index contributed by atoms with van der Waals surface area (Å²) in [6, 6.07) is 10.0. The molecular formula is C13H13N3O. The Hall–Kier alpha value is -2.36. The second-order valence-electron chi connectivity index (χ2n) is 3.67. The first kappa shape index (κ1) is 11.1. The standard InChI is InChI=1S/C13H13N3O/c14-13(17)12-7-6-11(15-9-16-12)8-10-4-2-1-3-5-10/h1-7,9H,8H2,(H2,14,17)(H,15,16). The molecule has 1 aromatic rings. The Labute approximate surface area is 99.5 Å². The number of carbonyl (C=O) groups excluding carboxylic acids is 1. The molecule has 86 valence electrons. The lowest BCUT2D eigenvalue weighted by Gasteiger charge is -2.00. The van der Waals surface area contributed by atoms with Crippen LogP contribution in [-0.2, 0) is 11.2 Å². The maximum atomic E-state index is 11.0. The van der Waals surface area contributed by atoms with Crippen molar-refractivity contribution >= 4 is 12.2 Å². The van der Waals surface area contributed by atoms with Gasteiger partial charge in [-0.25, -0.2) is 4.99 Å². The smallest absolute Gasteiger partial charge is 0.265 e. The molecule has 3 N–H and O–H groups in total. The van der Waals surface area contributed by atoms with Crippen LogP contribution in [0.25, 0.3) is 0 Å². The van der Waals surface area contributed by atoms with E-state index < -0.39 is 5.91 Å². The monoisotopic (exact) mass is 227 g/mol. The summed E-state index contributed by atoms with van der Waals surface area (Å²) in [5, 5.41) is 2.74. The third-order valence-corrected chi connectivity index (χ3v) is 2.39. The van der Waals surface area contributed by atoms with Crippen LogP contribution in [0.4, 0.5) is 0 Å². The first-order valence-corrected chi connectivity index (χ1v) is 5.29. The molecule has 0 fully saturated rings.